The van der Waals surface area contributed by atoms with Crippen molar-refractivity contribution in [3.63, 3.8) is 0 Å². The standard InChI is InChI=1S/C12H17NO5/c1-6-7(2)18-8(3)10(6)11(14)13-9(5-17-4)12(15)16/h9H,5H2,1-4H3,(H,13,14)(H,15,16). The second-order valence-corrected chi connectivity index (χ2v) is 4.03. The van der Waals surface area contributed by atoms with E-state index in [9.17, 15) is 9.59 Å². The van der Waals surface area contributed by atoms with Crippen molar-refractivity contribution in [1.82, 2.24) is 5.32 Å². The summed E-state index contributed by atoms with van der Waals surface area (Å²) in [5.74, 6) is -0.479. The Morgan fingerprint density at radius 2 is 1.94 bits per heavy atom. The van der Waals surface area contributed by atoms with Crippen LogP contribution in [0.1, 0.15) is 27.4 Å². The first-order valence-corrected chi connectivity index (χ1v) is 5.47. The van der Waals surface area contributed by atoms with Crippen LogP contribution in [0.4, 0.5) is 0 Å². The Balaban J connectivity index is 2.90. The monoisotopic (exact) mass is 255 g/mol. The van der Waals surface area contributed by atoms with Gasteiger partial charge in [-0.1, -0.05) is 0 Å². The van der Waals surface area contributed by atoms with E-state index in [2.05, 4.69) is 5.32 Å². The van der Waals surface area contributed by atoms with Gasteiger partial charge in [-0.2, -0.15) is 0 Å². The highest BCUT2D eigenvalue weighted by Crippen LogP contribution is 2.20. The van der Waals surface area contributed by atoms with Crippen LogP contribution in [0.2, 0.25) is 0 Å². The molecule has 1 heterocycles. The van der Waals surface area contributed by atoms with Crippen LogP contribution in [0.3, 0.4) is 0 Å². The van der Waals surface area contributed by atoms with Crippen LogP contribution in [-0.4, -0.2) is 36.7 Å². The van der Waals surface area contributed by atoms with E-state index in [0.29, 0.717) is 22.6 Å². The predicted octanol–water partition coefficient (Wildman–Crippen LogP) is 1.03. The maximum Gasteiger partial charge on any atom is 0.328 e. The summed E-state index contributed by atoms with van der Waals surface area (Å²) in [6.45, 7) is 5.09. The number of furan rings is 1. The molecular formula is C12H17NO5. The molecule has 6 heteroatoms. The van der Waals surface area contributed by atoms with Crippen molar-refractivity contribution in [1.29, 1.82) is 0 Å². The van der Waals surface area contributed by atoms with E-state index in [4.69, 9.17) is 14.3 Å². The largest absolute Gasteiger partial charge is 0.480 e. The SMILES string of the molecule is COCC(NC(=O)c1c(C)oc(C)c1C)C(=O)O. The highest BCUT2D eigenvalue weighted by molar-refractivity contribution is 5.98. The molecule has 0 aliphatic rings. The third-order valence-electron chi connectivity index (χ3n) is 2.73. The van der Waals surface area contributed by atoms with Gasteiger partial charge in [-0.25, -0.2) is 4.79 Å². The Morgan fingerprint density at radius 3 is 2.33 bits per heavy atom. The van der Waals surface area contributed by atoms with Crippen molar-refractivity contribution >= 4 is 11.9 Å². The maximum absolute atomic E-state index is 12.0. The van der Waals surface area contributed by atoms with Crippen molar-refractivity contribution in [2.75, 3.05) is 13.7 Å². The third-order valence-corrected chi connectivity index (χ3v) is 2.73. The highest BCUT2D eigenvalue weighted by atomic mass is 16.5. The Bertz CT molecular complexity index is 463. The molecule has 0 spiro atoms. The van der Waals surface area contributed by atoms with Crippen molar-refractivity contribution in [3.05, 3.63) is 22.6 Å². The molecule has 100 valence electrons. The van der Waals surface area contributed by atoms with Gasteiger partial charge in [0.05, 0.1) is 12.2 Å². The fourth-order valence-corrected chi connectivity index (χ4v) is 1.70. The van der Waals surface area contributed by atoms with E-state index in [-0.39, 0.29) is 6.61 Å². The molecule has 0 aliphatic heterocycles. The molecule has 0 fully saturated rings. The van der Waals surface area contributed by atoms with Crippen LogP contribution < -0.4 is 5.32 Å². The summed E-state index contributed by atoms with van der Waals surface area (Å²) in [5.41, 5.74) is 1.10. The van der Waals surface area contributed by atoms with Crippen LogP contribution in [0.15, 0.2) is 4.42 Å². The molecule has 1 rings (SSSR count). The van der Waals surface area contributed by atoms with E-state index in [1.165, 1.54) is 7.11 Å². The van der Waals surface area contributed by atoms with Crippen molar-refractivity contribution in [2.24, 2.45) is 0 Å². The van der Waals surface area contributed by atoms with Crippen molar-refractivity contribution < 1.29 is 23.8 Å². The highest BCUT2D eigenvalue weighted by Gasteiger charge is 2.24. The van der Waals surface area contributed by atoms with E-state index < -0.39 is 17.9 Å². The first kappa shape index (κ1) is 14.2. The van der Waals surface area contributed by atoms with Gasteiger partial charge < -0.3 is 19.6 Å². The number of carbonyl (C=O) groups excluding carboxylic acids is 1. The minimum atomic E-state index is -1.14. The van der Waals surface area contributed by atoms with E-state index in [1.54, 1.807) is 20.8 Å². The number of carboxylic acids is 1. The summed E-state index contributed by atoms with van der Waals surface area (Å²) in [5, 5.41) is 11.3. The van der Waals surface area contributed by atoms with Gasteiger partial charge in [0.1, 0.15) is 11.5 Å². The zero-order valence-corrected chi connectivity index (χ0v) is 10.9. The van der Waals surface area contributed by atoms with Gasteiger partial charge in [0.15, 0.2) is 6.04 Å². The van der Waals surface area contributed by atoms with Gasteiger partial charge in [0, 0.05) is 12.7 Å². The van der Waals surface area contributed by atoms with Gasteiger partial charge in [0.2, 0.25) is 0 Å². The lowest BCUT2D eigenvalue weighted by atomic mass is 10.1. The number of aliphatic carboxylic acids is 1. The molecule has 0 saturated heterocycles. The molecule has 1 atom stereocenters. The number of nitrogens with one attached hydrogen (secondary N) is 1. The molecule has 0 aromatic carbocycles. The molecule has 6 nitrogen and oxygen atoms in total. The lowest BCUT2D eigenvalue weighted by molar-refractivity contribution is -0.140. The number of ether oxygens (including phenoxy) is 1. The summed E-state index contributed by atoms with van der Waals surface area (Å²) in [4.78, 5) is 22.9. The summed E-state index contributed by atoms with van der Waals surface area (Å²) in [6.07, 6.45) is 0. The number of carboxylic acid groups (broad SMARTS) is 1. The first-order valence-electron chi connectivity index (χ1n) is 5.47. The number of hydrogen-bond acceptors (Lipinski definition) is 4. The number of rotatable bonds is 5. The smallest absolute Gasteiger partial charge is 0.328 e. The van der Waals surface area contributed by atoms with Crippen LogP contribution in [0, 0.1) is 20.8 Å². The normalized spacial score (nSPS) is 12.2. The Hall–Kier alpha value is -1.82. The summed E-state index contributed by atoms with van der Waals surface area (Å²) < 4.78 is 10.1. The lowest BCUT2D eigenvalue weighted by Gasteiger charge is -2.13. The van der Waals surface area contributed by atoms with Gasteiger partial charge >= 0.3 is 5.97 Å². The molecule has 1 aromatic heterocycles. The number of amides is 1. The van der Waals surface area contributed by atoms with Gasteiger partial charge in [0.25, 0.3) is 5.91 Å². The Labute approximate surface area is 105 Å². The molecule has 18 heavy (non-hydrogen) atoms. The number of carbonyl (C=O) groups is 2. The number of hydrogen-bond donors (Lipinski definition) is 2. The van der Waals surface area contributed by atoms with Crippen LogP contribution in [-0.2, 0) is 9.53 Å². The second-order valence-electron chi connectivity index (χ2n) is 4.03. The molecular weight excluding hydrogens is 238 g/mol. The van der Waals surface area contributed by atoms with E-state index >= 15 is 0 Å². The molecule has 2 N–H and O–H groups in total. The Kier molecular flexibility index (Phi) is 4.49. The minimum Gasteiger partial charge on any atom is -0.480 e. The number of methoxy groups -OCH3 is 1. The predicted molar refractivity (Wildman–Crippen MR) is 63.7 cm³/mol. The Morgan fingerprint density at radius 1 is 1.33 bits per heavy atom. The zero-order valence-electron chi connectivity index (χ0n) is 10.9. The van der Waals surface area contributed by atoms with Gasteiger partial charge in [-0.3, -0.25) is 4.79 Å². The fourth-order valence-electron chi connectivity index (χ4n) is 1.70. The topological polar surface area (TPSA) is 88.8 Å². The van der Waals surface area contributed by atoms with E-state index in [0.717, 1.165) is 0 Å². The molecule has 0 saturated carbocycles. The summed E-state index contributed by atoms with van der Waals surface area (Å²) in [6, 6.07) is -1.07. The first-order chi connectivity index (χ1) is 8.38. The van der Waals surface area contributed by atoms with Crippen LogP contribution in [0.25, 0.3) is 0 Å². The van der Waals surface area contributed by atoms with Gasteiger partial charge in [-0.05, 0) is 20.8 Å². The average molecular weight is 255 g/mol. The molecule has 0 aliphatic carbocycles. The summed E-state index contributed by atoms with van der Waals surface area (Å²) in [7, 11) is 1.38. The second kappa shape index (κ2) is 5.68. The third kappa shape index (κ3) is 2.89. The molecule has 1 amide bonds. The van der Waals surface area contributed by atoms with E-state index in [1.807, 2.05) is 0 Å². The molecule has 1 aromatic rings. The van der Waals surface area contributed by atoms with Crippen LogP contribution >= 0.6 is 0 Å². The fraction of sp³-hybridized carbons (Fsp3) is 0.500. The van der Waals surface area contributed by atoms with Gasteiger partial charge in [-0.15, -0.1) is 0 Å². The lowest BCUT2D eigenvalue weighted by Crippen LogP contribution is -2.44. The van der Waals surface area contributed by atoms with Crippen molar-refractivity contribution in [3.8, 4) is 0 Å². The maximum atomic E-state index is 12.0. The quantitative estimate of drug-likeness (QED) is 0.820. The van der Waals surface area contributed by atoms with Crippen LogP contribution in [0.5, 0.6) is 0 Å². The number of aryl methyl sites for hydroxylation is 2. The molecule has 1 unspecified atom stereocenters. The molecule has 0 bridgehead atoms. The minimum absolute atomic E-state index is 0.0873. The zero-order chi connectivity index (χ0) is 13.9. The molecule has 0 radical (unpaired) electrons. The van der Waals surface area contributed by atoms with Crippen molar-refractivity contribution in [2.45, 2.75) is 26.8 Å². The summed E-state index contributed by atoms with van der Waals surface area (Å²) >= 11 is 0. The average Bonchev–Trinajstić information content (AvgIpc) is 2.52.